The van der Waals surface area contributed by atoms with Crippen molar-refractivity contribution in [3.63, 3.8) is 0 Å². The molecule has 0 amide bonds. The second-order valence-corrected chi connectivity index (χ2v) is 6.93. The van der Waals surface area contributed by atoms with Gasteiger partial charge in [0, 0.05) is 39.4 Å². The van der Waals surface area contributed by atoms with Crippen LogP contribution in [0, 0.1) is 5.41 Å². The highest BCUT2D eigenvalue weighted by Gasteiger charge is 2.36. The molecule has 0 saturated heterocycles. The van der Waals surface area contributed by atoms with E-state index >= 15 is 0 Å². The topological polar surface area (TPSA) is 64.1 Å². The maximum atomic E-state index is 12.8. The minimum Gasteiger partial charge on any atom is -0.490 e. The van der Waals surface area contributed by atoms with Gasteiger partial charge in [-0.05, 0) is 37.7 Å². The molecule has 1 aromatic carbocycles. The second kappa shape index (κ2) is 13.0. The van der Waals surface area contributed by atoms with Crippen molar-refractivity contribution in [2.24, 2.45) is 10.4 Å². The number of methoxy groups -OCH3 is 1. The molecule has 0 aromatic heterocycles. The van der Waals surface area contributed by atoms with Crippen molar-refractivity contribution in [3.05, 3.63) is 23.8 Å². The van der Waals surface area contributed by atoms with Crippen LogP contribution in [0.2, 0.25) is 0 Å². The number of aliphatic imine (C=N–C) groups is 1. The van der Waals surface area contributed by atoms with Crippen LogP contribution in [0.4, 0.5) is 8.78 Å². The summed E-state index contributed by atoms with van der Waals surface area (Å²) < 4.78 is 41.0. The van der Waals surface area contributed by atoms with Gasteiger partial charge < -0.3 is 24.8 Å². The van der Waals surface area contributed by atoms with Gasteiger partial charge in [-0.2, -0.15) is 8.78 Å². The Morgan fingerprint density at radius 3 is 2.59 bits per heavy atom. The smallest absolute Gasteiger partial charge is 0.387 e. The number of nitrogens with zero attached hydrogens (tertiary/aromatic N) is 1. The molecule has 0 spiro atoms. The number of hydrogen-bond donors (Lipinski definition) is 2. The van der Waals surface area contributed by atoms with E-state index in [1.165, 1.54) is 19.3 Å². The Morgan fingerprint density at radius 2 is 2.03 bits per heavy atom. The number of halogens is 3. The zero-order chi connectivity index (χ0) is 20.4. The summed E-state index contributed by atoms with van der Waals surface area (Å²) in [6.45, 7) is 1.07. The van der Waals surface area contributed by atoms with Gasteiger partial charge in [-0.3, -0.25) is 4.99 Å². The van der Waals surface area contributed by atoms with Crippen LogP contribution in [0.5, 0.6) is 11.5 Å². The molecule has 0 unspecified atom stereocenters. The molecule has 1 aliphatic carbocycles. The van der Waals surface area contributed by atoms with Crippen molar-refractivity contribution in [1.82, 2.24) is 10.6 Å². The minimum atomic E-state index is -2.92. The van der Waals surface area contributed by atoms with E-state index in [1.807, 2.05) is 0 Å². The molecular formula is C20H32F2IN3O3. The lowest BCUT2D eigenvalue weighted by atomic mass is 9.67. The van der Waals surface area contributed by atoms with Gasteiger partial charge in [0.2, 0.25) is 0 Å². The molecule has 1 aromatic rings. The van der Waals surface area contributed by atoms with Gasteiger partial charge in [0.15, 0.2) is 17.5 Å². The zero-order valence-electron chi connectivity index (χ0n) is 17.3. The van der Waals surface area contributed by atoms with E-state index in [-0.39, 0.29) is 41.7 Å². The molecule has 2 rings (SSSR count). The average Bonchev–Trinajstić information content (AvgIpc) is 2.64. The standard InChI is InChI=1S/C20H31F2N3O3.HI/c1-4-27-16-8-5-7-15(17(16)28-18(21)22)13-24-19(23-2)25-14-20(9-6-10-20)11-12-26-3;/h5,7-8,18H,4,6,9-14H2,1-3H3,(H2,23,24,25);1H. The van der Waals surface area contributed by atoms with Crippen LogP contribution in [0.25, 0.3) is 0 Å². The molecule has 0 heterocycles. The molecule has 0 bridgehead atoms. The highest BCUT2D eigenvalue weighted by Crippen LogP contribution is 2.43. The van der Waals surface area contributed by atoms with E-state index in [2.05, 4.69) is 15.6 Å². The molecule has 166 valence electrons. The Kier molecular flexibility index (Phi) is 11.6. The number of para-hydroxylation sites is 1. The lowest BCUT2D eigenvalue weighted by Gasteiger charge is -2.42. The fourth-order valence-electron chi connectivity index (χ4n) is 3.37. The van der Waals surface area contributed by atoms with E-state index in [9.17, 15) is 8.78 Å². The fourth-order valence-corrected chi connectivity index (χ4v) is 3.37. The van der Waals surface area contributed by atoms with E-state index < -0.39 is 6.61 Å². The van der Waals surface area contributed by atoms with Crippen molar-refractivity contribution < 1.29 is 23.0 Å². The maximum absolute atomic E-state index is 12.8. The molecule has 6 nitrogen and oxygen atoms in total. The predicted octanol–water partition coefficient (Wildman–Crippen LogP) is 4.18. The van der Waals surface area contributed by atoms with Crippen LogP contribution in [0.3, 0.4) is 0 Å². The number of ether oxygens (including phenoxy) is 3. The summed E-state index contributed by atoms with van der Waals surface area (Å²) in [6, 6.07) is 5.10. The lowest BCUT2D eigenvalue weighted by molar-refractivity contribution is -0.0520. The molecular weight excluding hydrogens is 495 g/mol. The highest BCUT2D eigenvalue weighted by molar-refractivity contribution is 14.0. The van der Waals surface area contributed by atoms with E-state index in [1.54, 1.807) is 39.3 Å². The van der Waals surface area contributed by atoms with Crippen LogP contribution in [0.15, 0.2) is 23.2 Å². The Labute approximate surface area is 188 Å². The lowest BCUT2D eigenvalue weighted by Crippen LogP contribution is -2.46. The number of guanidine groups is 1. The second-order valence-electron chi connectivity index (χ2n) is 6.93. The monoisotopic (exact) mass is 527 g/mol. The summed E-state index contributed by atoms with van der Waals surface area (Å²) in [6.07, 6.45) is 4.58. The summed E-state index contributed by atoms with van der Waals surface area (Å²) in [5.74, 6) is 0.976. The summed E-state index contributed by atoms with van der Waals surface area (Å²) in [5.41, 5.74) is 0.818. The summed E-state index contributed by atoms with van der Waals surface area (Å²) in [5, 5.41) is 6.53. The largest absolute Gasteiger partial charge is 0.490 e. The molecule has 2 N–H and O–H groups in total. The highest BCUT2D eigenvalue weighted by atomic mass is 127. The maximum Gasteiger partial charge on any atom is 0.387 e. The first-order valence-electron chi connectivity index (χ1n) is 9.66. The Balaban J connectivity index is 0.00000420. The van der Waals surface area contributed by atoms with Crippen molar-refractivity contribution in [2.75, 3.05) is 33.9 Å². The van der Waals surface area contributed by atoms with E-state index in [4.69, 9.17) is 14.2 Å². The Hall–Kier alpha value is -1.36. The minimum absolute atomic E-state index is 0. The van der Waals surface area contributed by atoms with Gasteiger partial charge in [-0.25, -0.2) is 0 Å². The van der Waals surface area contributed by atoms with Crippen molar-refractivity contribution in [1.29, 1.82) is 0 Å². The number of rotatable bonds is 11. The quantitative estimate of drug-likeness (QED) is 0.257. The van der Waals surface area contributed by atoms with Gasteiger partial charge in [0.05, 0.1) is 6.61 Å². The van der Waals surface area contributed by atoms with Gasteiger partial charge in [0.25, 0.3) is 0 Å². The first-order valence-corrected chi connectivity index (χ1v) is 9.66. The van der Waals surface area contributed by atoms with Crippen molar-refractivity contribution in [3.8, 4) is 11.5 Å². The summed E-state index contributed by atoms with van der Waals surface area (Å²) in [4.78, 5) is 4.24. The molecule has 1 saturated carbocycles. The molecule has 0 atom stereocenters. The van der Waals surface area contributed by atoms with E-state index in [0.29, 0.717) is 23.9 Å². The van der Waals surface area contributed by atoms with Crippen LogP contribution in [-0.2, 0) is 11.3 Å². The molecule has 29 heavy (non-hydrogen) atoms. The average molecular weight is 527 g/mol. The summed E-state index contributed by atoms with van der Waals surface area (Å²) in [7, 11) is 3.40. The molecule has 9 heteroatoms. The van der Waals surface area contributed by atoms with Gasteiger partial charge in [0.1, 0.15) is 0 Å². The molecule has 1 aliphatic rings. The SMILES string of the molecule is CCOc1cccc(CNC(=NC)NCC2(CCOC)CCC2)c1OC(F)F.I. The molecule has 0 aliphatic heterocycles. The number of hydrogen-bond acceptors (Lipinski definition) is 4. The fraction of sp³-hybridized carbons (Fsp3) is 0.650. The third-order valence-electron chi connectivity index (χ3n) is 5.12. The molecule has 0 radical (unpaired) electrons. The number of nitrogens with one attached hydrogen (secondary N) is 2. The number of alkyl halides is 2. The predicted molar refractivity (Wildman–Crippen MR) is 121 cm³/mol. The molecule has 1 fully saturated rings. The summed E-state index contributed by atoms with van der Waals surface area (Å²) >= 11 is 0. The zero-order valence-corrected chi connectivity index (χ0v) is 19.6. The number of benzene rings is 1. The van der Waals surface area contributed by atoms with Crippen LogP contribution < -0.4 is 20.1 Å². The van der Waals surface area contributed by atoms with Crippen LogP contribution in [-0.4, -0.2) is 46.5 Å². The first-order chi connectivity index (χ1) is 13.5. The van der Waals surface area contributed by atoms with Gasteiger partial charge in [-0.1, -0.05) is 18.6 Å². The Bertz CT molecular complexity index is 643. The van der Waals surface area contributed by atoms with Gasteiger partial charge in [-0.15, -0.1) is 24.0 Å². The first kappa shape index (κ1) is 25.7. The Morgan fingerprint density at radius 1 is 1.28 bits per heavy atom. The third kappa shape index (κ3) is 7.76. The normalized spacial score (nSPS) is 15.3. The van der Waals surface area contributed by atoms with Crippen LogP contribution in [0.1, 0.15) is 38.2 Å². The van der Waals surface area contributed by atoms with Gasteiger partial charge >= 0.3 is 6.61 Å². The van der Waals surface area contributed by atoms with Crippen molar-refractivity contribution in [2.45, 2.75) is 45.8 Å². The van der Waals surface area contributed by atoms with E-state index in [0.717, 1.165) is 19.6 Å². The van der Waals surface area contributed by atoms with Crippen LogP contribution >= 0.6 is 24.0 Å². The third-order valence-corrected chi connectivity index (χ3v) is 5.12. The van der Waals surface area contributed by atoms with Crippen molar-refractivity contribution >= 4 is 29.9 Å².